The third-order valence-corrected chi connectivity index (χ3v) is 3.78. The third kappa shape index (κ3) is 3.47. The molecule has 0 N–H and O–H groups in total. The van der Waals surface area contributed by atoms with Crippen LogP contribution < -0.4 is 0 Å². The van der Waals surface area contributed by atoms with Gasteiger partial charge in [0.05, 0.1) is 5.75 Å². The van der Waals surface area contributed by atoms with Crippen LogP contribution in [0.4, 0.5) is 0 Å². The van der Waals surface area contributed by atoms with Crippen molar-refractivity contribution in [3.8, 4) is 0 Å². The van der Waals surface area contributed by atoms with E-state index in [4.69, 9.17) is 15.4 Å². The number of benzene rings is 1. The number of rotatable bonds is 4. The average Bonchev–Trinajstić information content (AvgIpc) is 2.16. The summed E-state index contributed by atoms with van der Waals surface area (Å²) in [4.78, 5) is 0. The molecule has 1 rings (SSSR count). The Labute approximate surface area is 101 Å². The SMILES string of the molecule is COC(C)(CS(=O)(=O)Cl)c1ccc(C)cc1. The molecule has 1 atom stereocenters. The van der Waals surface area contributed by atoms with E-state index < -0.39 is 14.7 Å². The fourth-order valence-electron chi connectivity index (χ4n) is 1.50. The monoisotopic (exact) mass is 262 g/mol. The molecule has 16 heavy (non-hydrogen) atoms. The van der Waals surface area contributed by atoms with E-state index in [1.165, 1.54) is 7.11 Å². The van der Waals surface area contributed by atoms with Gasteiger partial charge in [-0.15, -0.1) is 0 Å². The standard InChI is InChI=1S/C11H15ClO3S/c1-9-4-6-10(7-5-9)11(2,15-3)8-16(12,13)14/h4-7H,8H2,1-3H3. The maximum Gasteiger partial charge on any atom is 0.235 e. The Morgan fingerprint density at radius 2 is 1.81 bits per heavy atom. The fourth-order valence-corrected chi connectivity index (χ4v) is 3.06. The van der Waals surface area contributed by atoms with Gasteiger partial charge >= 0.3 is 0 Å². The quantitative estimate of drug-likeness (QED) is 0.783. The van der Waals surface area contributed by atoms with Crippen LogP contribution in [-0.4, -0.2) is 21.3 Å². The predicted molar refractivity (Wildman–Crippen MR) is 65.2 cm³/mol. The Morgan fingerprint density at radius 3 is 2.19 bits per heavy atom. The zero-order chi connectivity index (χ0) is 12.4. The lowest BCUT2D eigenvalue weighted by atomic mass is 9.97. The molecule has 0 aliphatic rings. The second-order valence-corrected chi connectivity index (χ2v) is 6.76. The summed E-state index contributed by atoms with van der Waals surface area (Å²) in [6.07, 6.45) is 0. The largest absolute Gasteiger partial charge is 0.373 e. The molecule has 5 heteroatoms. The van der Waals surface area contributed by atoms with E-state index in [-0.39, 0.29) is 5.75 Å². The Balaban J connectivity index is 3.09. The van der Waals surface area contributed by atoms with Gasteiger partial charge in [0.2, 0.25) is 9.05 Å². The van der Waals surface area contributed by atoms with Gasteiger partial charge < -0.3 is 4.74 Å². The first-order valence-electron chi connectivity index (χ1n) is 4.81. The molecule has 1 aromatic carbocycles. The Kier molecular flexibility index (Phi) is 3.99. The van der Waals surface area contributed by atoms with Gasteiger partial charge in [-0.25, -0.2) is 8.42 Å². The maximum absolute atomic E-state index is 11.1. The van der Waals surface area contributed by atoms with Crippen molar-refractivity contribution in [1.82, 2.24) is 0 Å². The maximum atomic E-state index is 11.1. The molecule has 0 bridgehead atoms. The topological polar surface area (TPSA) is 43.4 Å². The molecule has 0 fully saturated rings. The fraction of sp³-hybridized carbons (Fsp3) is 0.455. The molecule has 0 saturated heterocycles. The van der Waals surface area contributed by atoms with Gasteiger partial charge in [-0.2, -0.15) is 0 Å². The average molecular weight is 263 g/mol. The second-order valence-electron chi connectivity index (χ2n) is 3.98. The summed E-state index contributed by atoms with van der Waals surface area (Å²) in [5.74, 6) is -0.249. The third-order valence-electron chi connectivity index (χ3n) is 2.56. The van der Waals surface area contributed by atoms with E-state index in [9.17, 15) is 8.42 Å². The van der Waals surface area contributed by atoms with Crippen molar-refractivity contribution < 1.29 is 13.2 Å². The molecule has 0 radical (unpaired) electrons. The van der Waals surface area contributed by atoms with E-state index in [2.05, 4.69) is 0 Å². The van der Waals surface area contributed by atoms with Crippen LogP contribution in [0.15, 0.2) is 24.3 Å². The van der Waals surface area contributed by atoms with Crippen LogP contribution >= 0.6 is 10.7 Å². The Bertz CT molecular complexity index is 453. The Morgan fingerprint density at radius 1 is 1.31 bits per heavy atom. The highest BCUT2D eigenvalue weighted by Crippen LogP contribution is 2.27. The summed E-state index contributed by atoms with van der Waals surface area (Å²) >= 11 is 0. The van der Waals surface area contributed by atoms with Crippen molar-refractivity contribution in [2.75, 3.05) is 12.9 Å². The number of ether oxygens (including phenoxy) is 1. The van der Waals surface area contributed by atoms with Gasteiger partial charge in [-0.05, 0) is 19.4 Å². The van der Waals surface area contributed by atoms with Crippen LogP contribution in [0, 0.1) is 6.92 Å². The minimum absolute atomic E-state index is 0.249. The van der Waals surface area contributed by atoms with Crippen molar-refractivity contribution in [2.45, 2.75) is 19.4 Å². The van der Waals surface area contributed by atoms with Gasteiger partial charge in [0, 0.05) is 17.8 Å². The zero-order valence-corrected chi connectivity index (χ0v) is 11.1. The molecule has 0 spiro atoms. The molecule has 0 aliphatic carbocycles. The van der Waals surface area contributed by atoms with Gasteiger partial charge in [0.1, 0.15) is 5.60 Å². The first kappa shape index (κ1) is 13.5. The van der Waals surface area contributed by atoms with Gasteiger partial charge in [-0.3, -0.25) is 0 Å². The van der Waals surface area contributed by atoms with E-state index in [0.29, 0.717) is 0 Å². The molecule has 3 nitrogen and oxygen atoms in total. The molecular formula is C11H15ClO3S. The molecule has 1 unspecified atom stereocenters. The molecular weight excluding hydrogens is 248 g/mol. The number of methoxy groups -OCH3 is 1. The van der Waals surface area contributed by atoms with Crippen molar-refractivity contribution in [3.05, 3.63) is 35.4 Å². The summed E-state index contributed by atoms with van der Waals surface area (Å²) in [7, 11) is 3.14. The van der Waals surface area contributed by atoms with Crippen LogP contribution in [0.5, 0.6) is 0 Å². The smallest absolute Gasteiger partial charge is 0.235 e. The first-order valence-corrected chi connectivity index (χ1v) is 7.29. The van der Waals surface area contributed by atoms with E-state index in [1.807, 2.05) is 31.2 Å². The lowest BCUT2D eigenvalue weighted by Crippen LogP contribution is -2.31. The van der Waals surface area contributed by atoms with E-state index in [1.54, 1.807) is 6.92 Å². The molecule has 0 aromatic heterocycles. The minimum atomic E-state index is -3.60. The first-order chi connectivity index (χ1) is 7.27. The molecule has 1 aromatic rings. The molecule has 90 valence electrons. The number of hydrogen-bond acceptors (Lipinski definition) is 3. The molecule has 0 heterocycles. The highest BCUT2D eigenvalue weighted by atomic mass is 35.7. The summed E-state index contributed by atoms with van der Waals surface area (Å²) in [5.41, 5.74) is 0.995. The molecule has 0 amide bonds. The van der Waals surface area contributed by atoms with Crippen molar-refractivity contribution >= 4 is 19.7 Å². The number of halogens is 1. The van der Waals surface area contributed by atoms with Crippen molar-refractivity contribution in [3.63, 3.8) is 0 Å². The van der Waals surface area contributed by atoms with Crippen LogP contribution in [-0.2, 0) is 19.4 Å². The van der Waals surface area contributed by atoms with Crippen LogP contribution in [0.3, 0.4) is 0 Å². The van der Waals surface area contributed by atoms with Gasteiger partial charge in [0.25, 0.3) is 0 Å². The minimum Gasteiger partial charge on any atom is -0.373 e. The van der Waals surface area contributed by atoms with Crippen molar-refractivity contribution in [1.29, 1.82) is 0 Å². The highest BCUT2D eigenvalue weighted by molar-refractivity contribution is 8.13. The predicted octanol–water partition coefficient (Wildman–Crippen LogP) is 2.43. The second kappa shape index (κ2) is 4.73. The van der Waals surface area contributed by atoms with Gasteiger partial charge in [0.15, 0.2) is 0 Å². The molecule has 0 aliphatic heterocycles. The lowest BCUT2D eigenvalue weighted by molar-refractivity contribution is 0.0225. The number of hydrogen-bond donors (Lipinski definition) is 0. The summed E-state index contributed by atoms with van der Waals surface area (Å²) in [6, 6.07) is 7.52. The highest BCUT2D eigenvalue weighted by Gasteiger charge is 2.31. The van der Waals surface area contributed by atoms with Crippen molar-refractivity contribution in [2.24, 2.45) is 0 Å². The normalized spacial score (nSPS) is 15.8. The molecule has 0 saturated carbocycles. The van der Waals surface area contributed by atoms with Gasteiger partial charge in [-0.1, -0.05) is 29.8 Å². The zero-order valence-electron chi connectivity index (χ0n) is 9.53. The summed E-state index contributed by atoms with van der Waals surface area (Å²) < 4.78 is 27.5. The van der Waals surface area contributed by atoms with Crippen LogP contribution in [0.2, 0.25) is 0 Å². The lowest BCUT2D eigenvalue weighted by Gasteiger charge is -2.27. The summed E-state index contributed by atoms with van der Waals surface area (Å²) in [6.45, 7) is 3.67. The van der Waals surface area contributed by atoms with Crippen LogP contribution in [0.1, 0.15) is 18.1 Å². The summed E-state index contributed by atoms with van der Waals surface area (Å²) in [5, 5.41) is 0. The Hall–Kier alpha value is -0.580. The van der Waals surface area contributed by atoms with E-state index >= 15 is 0 Å². The number of aryl methyl sites for hydroxylation is 1. The van der Waals surface area contributed by atoms with Crippen LogP contribution in [0.25, 0.3) is 0 Å². The van der Waals surface area contributed by atoms with E-state index in [0.717, 1.165) is 11.1 Å².